The topological polar surface area (TPSA) is 20.2 Å². The molecule has 0 radical (unpaired) electrons. The molecule has 0 saturated carbocycles. The van der Waals surface area contributed by atoms with E-state index in [1.165, 1.54) is 22.0 Å². The van der Waals surface area contributed by atoms with Crippen molar-refractivity contribution < 1.29 is 5.11 Å². The Balaban J connectivity index is 2.20. The summed E-state index contributed by atoms with van der Waals surface area (Å²) < 4.78 is 1.25. The van der Waals surface area contributed by atoms with Crippen molar-refractivity contribution in [2.45, 2.75) is 26.2 Å². The zero-order valence-electron chi connectivity index (χ0n) is 9.04. The highest BCUT2D eigenvalue weighted by Gasteiger charge is 2.23. The second-order valence-corrected chi connectivity index (χ2v) is 5.39. The van der Waals surface area contributed by atoms with Crippen LogP contribution in [0.3, 0.4) is 0 Å². The van der Waals surface area contributed by atoms with Crippen LogP contribution in [0.2, 0.25) is 0 Å². The zero-order valence-corrected chi connectivity index (χ0v) is 10.6. The van der Waals surface area contributed by atoms with Crippen molar-refractivity contribution in [3.8, 4) is 0 Å². The van der Waals surface area contributed by atoms with E-state index in [-0.39, 0.29) is 0 Å². The summed E-state index contributed by atoms with van der Waals surface area (Å²) in [4.78, 5) is 0. The fourth-order valence-electron chi connectivity index (χ4n) is 2.42. The molecule has 82 valence electrons. The molecule has 1 aliphatic carbocycles. The van der Waals surface area contributed by atoms with Gasteiger partial charge in [0.25, 0.3) is 0 Å². The Morgan fingerprint density at radius 3 is 3.07 bits per heavy atom. The third-order valence-electron chi connectivity index (χ3n) is 3.56. The molecular formula is C13H17BrO. The highest BCUT2D eigenvalue weighted by molar-refractivity contribution is 9.10. The van der Waals surface area contributed by atoms with Crippen molar-refractivity contribution >= 4 is 15.9 Å². The second kappa shape index (κ2) is 4.67. The van der Waals surface area contributed by atoms with Gasteiger partial charge in [0.05, 0.1) is 0 Å². The monoisotopic (exact) mass is 268 g/mol. The van der Waals surface area contributed by atoms with Crippen LogP contribution in [0.4, 0.5) is 0 Å². The number of hydrogen-bond acceptors (Lipinski definition) is 1. The summed E-state index contributed by atoms with van der Waals surface area (Å²) in [5, 5.41) is 9.18. The van der Waals surface area contributed by atoms with Gasteiger partial charge in [0.15, 0.2) is 0 Å². The van der Waals surface area contributed by atoms with E-state index in [1.54, 1.807) is 0 Å². The van der Waals surface area contributed by atoms with Crippen molar-refractivity contribution in [2.75, 3.05) is 6.61 Å². The number of aliphatic hydroxyl groups is 1. The summed E-state index contributed by atoms with van der Waals surface area (Å²) >= 11 is 3.61. The number of halogens is 1. The Morgan fingerprint density at radius 2 is 2.33 bits per heavy atom. The second-order valence-electron chi connectivity index (χ2n) is 4.54. The molecule has 0 aromatic heterocycles. The molecule has 1 aliphatic rings. The minimum absolute atomic E-state index is 0.313. The summed E-state index contributed by atoms with van der Waals surface area (Å²) in [6.07, 6.45) is 3.47. The zero-order chi connectivity index (χ0) is 10.8. The molecule has 1 nitrogen and oxygen atoms in total. The summed E-state index contributed by atoms with van der Waals surface area (Å²) in [5.74, 6) is 1.08. The third kappa shape index (κ3) is 2.26. The molecule has 1 aromatic carbocycles. The maximum atomic E-state index is 9.18. The average Bonchev–Trinajstić information content (AvgIpc) is 2.28. The van der Waals surface area contributed by atoms with Crippen LogP contribution in [0.5, 0.6) is 0 Å². The van der Waals surface area contributed by atoms with E-state index in [0.717, 1.165) is 12.8 Å². The number of rotatable bonds is 2. The molecule has 0 saturated heterocycles. The van der Waals surface area contributed by atoms with Gasteiger partial charge in [-0.2, -0.15) is 0 Å². The van der Waals surface area contributed by atoms with Crippen LogP contribution in [-0.2, 0) is 12.8 Å². The smallest absolute Gasteiger partial charge is 0.0459 e. The lowest BCUT2D eigenvalue weighted by atomic mass is 9.78. The van der Waals surface area contributed by atoms with Gasteiger partial charge in [-0.3, -0.25) is 0 Å². The first-order valence-electron chi connectivity index (χ1n) is 5.59. The molecule has 0 heterocycles. The lowest BCUT2D eigenvalue weighted by Crippen LogP contribution is -2.23. The molecular weight excluding hydrogens is 252 g/mol. The molecule has 2 atom stereocenters. The molecule has 0 fully saturated rings. The Morgan fingerprint density at radius 1 is 1.53 bits per heavy atom. The highest BCUT2D eigenvalue weighted by atomic mass is 79.9. The average molecular weight is 269 g/mol. The lowest BCUT2D eigenvalue weighted by molar-refractivity contribution is 0.178. The van der Waals surface area contributed by atoms with Crippen LogP contribution in [0, 0.1) is 11.8 Å². The van der Waals surface area contributed by atoms with Crippen LogP contribution in [-0.4, -0.2) is 11.7 Å². The molecule has 0 aliphatic heterocycles. The van der Waals surface area contributed by atoms with Crippen LogP contribution in [0.15, 0.2) is 22.7 Å². The van der Waals surface area contributed by atoms with Gasteiger partial charge in [-0.05, 0) is 48.3 Å². The summed E-state index contributed by atoms with van der Waals surface area (Å²) in [6, 6.07) is 6.44. The van der Waals surface area contributed by atoms with E-state index in [4.69, 9.17) is 0 Å². The van der Waals surface area contributed by atoms with E-state index < -0.39 is 0 Å². The molecule has 1 N–H and O–H groups in total. The van der Waals surface area contributed by atoms with E-state index in [2.05, 4.69) is 41.1 Å². The normalized spacial score (nSPS) is 22.2. The SMILES string of the molecule is CC(CO)C1CCc2c(Br)cccc2C1. The van der Waals surface area contributed by atoms with Gasteiger partial charge < -0.3 is 5.11 Å². The van der Waals surface area contributed by atoms with Gasteiger partial charge >= 0.3 is 0 Å². The fourth-order valence-corrected chi connectivity index (χ4v) is 3.03. The number of hydrogen-bond donors (Lipinski definition) is 1. The predicted octanol–water partition coefficient (Wildman–Crippen LogP) is 3.18. The van der Waals surface area contributed by atoms with Gasteiger partial charge in [0.2, 0.25) is 0 Å². The Labute approximate surface area is 99.6 Å². The number of aliphatic hydroxyl groups excluding tert-OH is 1. The van der Waals surface area contributed by atoms with Gasteiger partial charge in [-0.1, -0.05) is 35.0 Å². The van der Waals surface area contributed by atoms with E-state index in [9.17, 15) is 5.11 Å². The lowest BCUT2D eigenvalue weighted by Gasteiger charge is -2.29. The van der Waals surface area contributed by atoms with Crippen molar-refractivity contribution in [1.82, 2.24) is 0 Å². The highest BCUT2D eigenvalue weighted by Crippen LogP contribution is 2.33. The first-order valence-corrected chi connectivity index (χ1v) is 6.38. The molecule has 1 aromatic rings. The quantitative estimate of drug-likeness (QED) is 0.874. The van der Waals surface area contributed by atoms with Crippen LogP contribution in [0.25, 0.3) is 0 Å². The maximum absolute atomic E-state index is 9.18. The fraction of sp³-hybridized carbons (Fsp3) is 0.538. The molecule has 0 amide bonds. The van der Waals surface area contributed by atoms with Crippen molar-refractivity contribution in [3.05, 3.63) is 33.8 Å². The maximum Gasteiger partial charge on any atom is 0.0459 e. The van der Waals surface area contributed by atoms with Crippen molar-refractivity contribution in [3.63, 3.8) is 0 Å². The molecule has 2 rings (SSSR count). The predicted molar refractivity (Wildman–Crippen MR) is 65.9 cm³/mol. The molecule has 2 unspecified atom stereocenters. The molecule has 2 heteroatoms. The standard InChI is InChI=1S/C13H17BrO/c1-9(8-15)10-5-6-12-11(7-10)3-2-4-13(12)14/h2-4,9-10,15H,5-8H2,1H3. The summed E-state index contributed by atoms with van der Waals surface area (Å²) in [6.45, 7) is 2.46. The minimum atomic E-state index is 0.313. The van der Waals surface area contributed by atoms with E-state index in [0.29, 0.717) is 18.4 Å². The van der Waals surface area contributed by atoms with Crippen LogP contribution in [0.1, 0.15) is 24.5 Å². The van der Waals surface area contributed by atoms with Gasteiger partial charge in [0.1, 0.15) is 0 Å². The van der Waals surface area contributed by atoms with E-state index in [1.807, 2.05) is 0 Å². The van der Waals surface area contributed by atoms with Crippen LogP contribution < -0.4 is 0 Å². The summed E-state index contributed by atoms with van der Waals surface area (Å²) in [5.41, 5.74) is 2.93. The molecule has 15 heavy (non-hydrogen) atoms. The Hall–Kier alpha value is -0.340. The molecule has 0 bridgehead atoms. The third-order valence-corrected chi connectivity index (χ3v) is 4.30. The molecule has 0 spiro atoms. The Bertz CT molecular complexity index is 348. The van der Waals surface area contributed by atoms with Crippen LogP contribution >= 0.6 is 15.9 Å². The Kier molecular flexibility index (Phi) is 3.47. The van der Waals surface area contributed by atoms with Gasteiger partial charge in [0, 0.05) is 11.1 Å². The van der Waals surface area contributed by atoms with Gasteiger partial charge in [-0.15, -0.1) is 0 Å². The largest absolute Gasteiger partial charge is 0.396 e. The van der Waals surface area contributed by atoms with Gasteiger partial charge in [-0.25, -0.2) is 0 Å². The minimum Gasteiger partial charge on any atom is -0.396 e. The summed E-state index contributed by atoms with van der Waals surface area (Å²) in [7, 11) is 0. The number of benzene rings is 1. The van der Waals surface area contributed by atoms with E-state index >= 15 is 0 Å². The van der Waals surface area contributed by atoms with Crippen molar-refractivity contribution in [1.29, 1.82) is 0 Å². The number of fused-ring (bicyclic) bond motifs is 1. The first-order chi connectivity index (χ1) is 7.22. The van der Waals surface area contributed by atoms with Crippen molar-refractivity contribution in [2.24, 2.45) is 11.8 Å². The first kappa shape index (κ1) is 11.2.